The fourth-order valence-corrected chi connectivity index (χ4v) is 14.4. The van der Waals surface area contributed by atoms with Gasteiger partial charge in [-0.05, 0) is 266 Å². The summed E-state index contributed by atoms with van der Waals surface area (Å²) in [5.41, 5.74) is 11.6. The van der Waals surface area contributed by atoms with Crippen molar-refractivity contribution in [2.75, 3.05) is 0 Å². The number of hydrogen-bond donors (Lipinski definition) is 0. The summed E-state index contributed by atoms with van der Waals surface area (Å²) in [6.45, 7) is 29.2. The Hall–Kier alpha value is -6.50. The first kappa shape index (κ1) is 38.7. The third-order valence-corrected chi connectivity index (χ3v) is 17.2. The normalized spacial score (nSPS) is 13.4. The van der Waals surface area contributed by atoms with E-state index in [1.54, 1.807) is 0 Å². The summed E-state index contributed by atoms with van der Waals surface area (Å²) in [6, 6.07) is 38.5. The van der Waals surface area contributed by atoms with E-state index in [1.807, 2.05) is 0 Å². The molecule has 14 rings (SSSR count). The van der Waals surface area contributed by atoms with Crippen LogP contribution in [0.1, 0.15) is 124 Å². The number of benzene rings is 11. The molecule has 0 aliphatic heterocycles. The van der Waals surface area contributed by atoms with E-state index in [4.69, 9.17) is 0 Å². The Morgan fingerprint density at radius 3 is 1.27 bits per heavy atom. The lowest BCUT2D eigenvalue weighted by atomic mass is 9.79. The predicted molar refractivity (Wildman–Crippen MR) is 290 cm³/mol. The second-order valence-electron chi connectivity index (χ2n) is 21.8. The molecule has 0 saturated heterocycles. The Balaban J connectivity index is 1.29. The summed E-state index contributed by atoms with van der Waals surface area (Å²) < 4.78 is 0. The first-order valence-electron chi connectivity index (χ1n) is 24.8. The largest absolute Gasteiger partial charge is 0.0616 e. The van der Waals surface area contributed by atoms with Gasteiger partial charge in [-0.3, -0.25) is 0 Å². The van der Waals surface area contributed by atoms with Gasteiger partial charge in [0.25, 0.3) is 0 Å². The minimum Gasteiger partial charge on any atom is -0.0616 e. The summed E-state index contributed by atoms with van der Waals surface area (Å²) in [5.74, 6) is 1.37. The van der Waals surface area contributed by atoms with Crippen molar-refractivity contribution in [1.29, 1.82) is 0 Å². The van der Waals surface area contributed by atoms with Gasteiger partial charge in [-0.15, -0.1) is 0 Å². The molecule has 0 amide bonds. The Labute approximate surface area is 385 Å². The van der Waals surface area contributed by atoms with Crippen molar-refractivity contribution in [2.45, 2.75) is 107 Å². The topological polar surface area (TPSA) is 0 Å². The van der Waals surface area contributed by atoms with Gasteiger partial charge >= 0.3 is 0 Å². The monoisotopic (exact) mass is 848 g/mol. The van der Waals surface area contributed by atoms with Gasteiger partial charge in [0, 0.05) is 0 Å². The molecule has 0 heteroatoms. The van der Waals surface area contributed by atoms with Crippen LogP contribution in [-0.4, -0.2) is 0 Å². The van der Waals surface area contributed by atoms with Crippen molar-refractivity contribution in [3.8, 4) is 0 Å². The van der Waals surface area contributed by atoms with Gasteiger partial charge in [0.1, 0.15) is 0 Å². The fraction of sp³-hybridized carbons (Fsp3) is 0.242. The first-order valence-corrected chi connectivity index (χ1v) is 24.8. The van der Waals surface area contributed by atoms with Crippen LogP contribution >= 0.6 is 0 Å². The molecule has 1 aliphatic rings. The van der Waals surface area contributed by atoms with Gasteiger partial charge in [0.05, 0.1) is 0 Å². The van der Waals surface area contributed by atoms with E-state index < -0.39 is 0 Å². The average Bonchev–Trinajstić information content (AvgIpc) is 3.96. The van der Waals surface area contributed by atoms with Gasteiger partial charge in [0.2, 0.25) is 0 Å². The summed E-state index contributed by atoms with van der Waals surface area (Å²) in [6.07, 6.45) is 0. The van der Waals surface area contributed by atoms with Crippen molar-refractivity contribution in [3.05, 3.63) is 162 Å². The second-order valence-corrected chi connectivity index (χ2v) is 21.8. The van der Waals surface area contributed by atoms with Gasteiger partial charge in [0.15, 0.2) is 0 Å². The highest BCUT2D eigenvalue weighted by atomic mass is 14.3. The molecule has 0 radical (unpaired) electrons. The molecule has 0 nitrogen and oxygen atoms in total. The minimum absolute atomic E-state index is 0.331. The Morgan fingerprint density at radius 1 is 0.227 bits per heavy atom. The lowest BCUT2D eigenvalue weighted by Gasteiger charge is -2.24. The maximum Gasteiger partial charge on any atom is -0.000791 e. The first-order chi connectivity index (χ1) is 31.8. The zero-order valence-electron chi connectivity index (χ0n) is 40.5. The molecule has 0 spiro atoms. The number of rotatable bonds is 4. The number of fused-ring (bicyclic) bond motifs is 12. The van der Waals surface area contributed by atoms with Gasteiger partial charge in [-0.1, -0.05) is 122 Å². The minimum atomic E-state index is 0.331. The predicted octanol–water partition coefficient (Wildman–Crippen LogP) is 19.3. The van der Waals surface area contributed by atoms with E-state index in [0.717, 1.165) is 0 Å². The molecule has 320 valence electrons. The molecule has 0 N–H and O–H groups in total. The second kappa shape index (κ2) is 12.7. The molecule has 0 saturated carbocycles. The molecule has 13 aromatic rings. The van der Waals surface area contributed by atoms with Crippen LogP contribution in [0.4, 0.5) is 0 Å². The van der Waals surface area contributed by atoms with E-state index in [0.29, 0.717) is 23.7 Å². The van der Waals surface area contributed by atoms with Gasteiger partial charge < -0.3 is 0 Å². The summed E-state index contributed by atoms with van der Waals surface area (Å²) in [5, 5.41) is 37.4. The highest BCUT2D eigenvalue weighted by molar-refractivity contribution is 6.46. The maximum atomic E-state index is 2.69. The van der Waals surface area contributed by atoms with Crippen LogP contribution in [0.15, 0.2) is 97.1 Å². The van der Waals surface area contributed by atoms with Gasteiger partial charge in [-0.2, -0.15) is 0 Å². The van der Waals surface area contributed by atoms with Gasteiger partial charge in [-0.25, -0.2) is 0 Å². The Bertz CT molecular complexity index is 4530. The summed E-state index contributed by atoms with van der Waals surface area (Å²) in [7, 11) is 0. The van der Waals surface area contributed by atoms with Crippen LogP contribution in [0.3, 0.4) is 0 Å². The van der Waals surface area contributed by atoms with E-state index in [1.165, 1.54) is 184 Å². The van der Waals surface area contributed by atoms with E-state index in [9.17, 15) is 0 Å². The molecule has 13 aromatic carbocycles. The van der Waals surface area contributed by atoms with Crippen molar-refractivity contribution in [3.63, 3.8) is 0 Å². The molecule has 66 heavy (non-hydrogen) atoms. The van der Waals surface area contributed by atoms with E-state index in [-0.39, 0.29) is 0 Å². The third kappa shape index (κ3) is 4.35. The zero-order chi connectivity index (χ0) is 45.3. The molecule has 0 unspecified atom stereocenters. The molecule has 0 heterocycles. The highest BCUT2D eigenvalue weighted by Gasteiger charge is 2.31. The molecular formula is C66H56. The highest BCUT2D eigenvalue weighted by Crippen LogP contribution is 2.56. The molecule has 0 fully saturated rings. The van der Waals surface area contributed by atoms with Crippen LogP contribution < -0.4 is 0 Å². The SMILES string of the molecule is Cc1c2c(c(C)c3ccccc13)=c1c(C(C)C)cc3c4c(C(C)C)cc5c6c(C)c7cc8c9ccccc9c9cccc(c7c(C)c6c6c(C(C)C)cc(c7cc(C(C)C)c=2c1c73)c4c56)c98. The Morgan fingerprint density at radius 2 is 0.667 bits per heavy atom. The standard InChI is InChI=1S/C66H56/c1-29(2)43-26-51-54-35(11)47-28-48-40-21-16-15-20-39(40)41-22-17-23-42(58(41)48)53(47)36(12)57(54)61-44(30(3)4)25-50-49-24-45(31(5)6)62-55-33(9)37-18-13-14-19-38(37)34(10)56(55)63-46(32(7)8)27-52(60(49)66(62)63)59(43)64(50)65(51)61/h13-32H,1-12H3. The molecular weight excluding hydrogens is 793 g/mol. The molecule has 0 bridgehead atoms. The van der Waals surface area contributed by atoms with Crippen LogP contribution in [0.5, 0.6) is 0 Å². The van der Waals surface area contributed by atoms with Crippen LogP contribution in [0.25, 0.3) is 118 Å². The van der Waals surface area contributed by atoms with Crippen molar-refractivity contribution >= 4 is 118 Å². The van der Waals surface area contributed by atoms with E-state index in [2.05, 4.69) is 180 Å². The molecule has 1 aliphatic carbocycles. The fourth-order valence-electron chi connectivity index (χ4n) is 14.4. The molecule has 0 aromatic heterocycles. The quantitative estimate of drug-likeness (QED) is 0.122. The maximum absolute atomic E-state index is 2.69. The van der Waals surface area contributed by atoms with Crippen molar-refractivity contribution in [2.24, 2.45) is 0 Å². The number of hydrogen-bond acceptors (Lipinski definition) is 0. The van der Waals surface area contributed by atoms with Crippen molar-refractivity contribution < 1.29 is 0 Å². The van der Waals surface area contributed by atoms with Crippen molar-refractivity contribution in [1.82, 2.24) is 0 Å². The third-order valence-electron chi connectivity index (χ3n) is 17.2. The zero-order valence-corrected chi connectivity index (χ0v) is 40.5. The summed E-state index contributed by atoms with van der Waals surface area (Å²) >= 11 is 0. The number of aryl methyl sites for hydroxylation is 4. The lowest BCUT2D eigenvalue weighted by Crippen LogP contribution is -2.01. The average molecular weight is 849 g/mol. The Kier molecular flexibility index (Phi) is 7.44. The van der Waals surface area contributed by atoms with Crippen LogP contribution in [0.2, 0.25) is 0 Å². The lowest BCUT2D eigenvalue weighted by molar-refractivity contribution is 0.860. The smallest absolute Gasteiger partial charge is 0.000791 e. The van der Waals surface area contributed by atoms with Crippen LogP contribution in [0, 0.1) is 48.6 Å². The summed E-state index contributed by atoms with van der Waals surface area (Å²) in [4.78, 5) is 0. The van der Waals surface area contributed by atoms with Crippen LogP contribution in [-0.2, 0) is 0 Å². The molecule has 0 atom stereocenters. The van der Waals surface area contributed by atoms with E-state index >= 15 is 0 Å².